The lowest BCUT2D eigenvalue weighted by atomic mass is 10.1. The van der Waals surface area contributed by atoms with Crippen molar-refractivity contribution >= 4 is 29.9 Å². The molecule has 0 amide bonds. The number of rotatable bonds is 8. The van der Waals surface area contributed by atoms with Crippen LogP contribution in [0, 0.1) is 12.8 Å². The van der Waals surface area contributed by atoms with Gasteiger partial charge in [0.1, 0.15) is 11.5 Å². The molecule has 1 aromatic heterocycles. The van der Waals surface area contributed by atoms with Crippen molar-refractivity contribution in [1.82, 2.24) is 15.1 Å². The zero-order valence-corrected chi connectivity index (χ0v) is 21.7. The van der Waals surface area contributed by atoms with Crippen LogP contribution < -0.4 is 5.32 Å². The maximum absolute atomic E-state index is 6.00. The lowest BCUT2D eigenvalue weighted by Gasteiger charge is -2.29. The van der Waals surface area contributed by atoms with Crippen molar-refractivity contribution in [3.8, 4) is 0 Å². The molecule has 6 nitrogen and oxygen atoms in total. The van der Waals surface area contributed by atoms with Crippen LogP contribution in [0.4, 0.5) is 0 Å². The van der Waals surface area contributed by atoms with E-state index in [1.807, 2.05) is 20.0 Å². The number of hydrogen-bond donors (Lipinski definition) is 1. The first-order valence-electron chi connectivity index (χ1n) is 11.6. The van der Waals surface area contributed by atoms with Crippen LogP contribution in [-0.2, 0) is 11.3 Å². The summed E-state index contributed by atoms with van der Waals surface area (Å²) in [6, 6.07) is 14.8. The van der Waals surface area contributed by atoms with Crippen molar-refractivity contribution in [1.29, 1.82) is 0 Å². The standard InChI is InChI=1S/C25H36N4O2.HI/c1-20-10-11-24(31-20)23(28-13-6-7-14-28)16-27-25(26-2)29-15-12-22(17-29)19-30-18-21-8-4-3-5-9-21;/h3-5,8-11,22-23H,6-7,12-19H2,1-2H3,(H,26,27);1H. The predicted molar refractivity (Wildman–Crippen MR) is 140 cm³/mol. The van der Waals surface area contributed by atoms with E-state index in [2.05, 4.69) is 56.5 Å². The molecule has 32 heavy (non-hydrogen) atoms. The number of nitrogens with one attached hydrogen (secondary N) is 1. The molecule has 2 fully saturated rings. The van der Waals surface area contributed by atoms with E-state index in [0.29, 0.717) is 12.5 Å². The van der Waals surface area contributed by atoms with Crippen LogP contribution >= 0.6 is 24.0 Å². The van der Waals surface area contributed by atoms with E-state index in [9.17, 15) is 0 Å². The predicted octanol–water partition coefficient (Wildman–Crippen LogP) is 4.46. The fourth-order valence-electron chi connectivity index (χ4n) is 4.69. The summed E-state index contributed by atoms with van der Waals surface area (Å²) in [4.78, 5) is 9.47. The molecule has 7 heteroatoms. The van der Waals surface area contributed by atoms with Crippen LogP contribution in [0.1, 0.15) is 42.4 Å². The van der Waals surface area contributed by atoms with Gasteiger partial charge < -0.3 is 19.4 Å². The van der Waals surface area contributed by atoms with Gasteiger partial charge in [-0.25, -0.2) is 0 Å². The van der Waals surface area contributed by atoms with Gasteiger partial charge in [0, 0.05) is 32.6 Å². The summed E-state index contributed by atoms with van der Waals surface area (Å²) in [6.45, 7) is 8.59. The van der Waals surface area contributed by atoms with Crippen LogP contribution in [0.15, 0.2) is 51.9 Å². The Balaban J connectivity index is 0.00000289. The number of likely N-dealkylation sites (tertiary alicyclic amines) is 2. The van der Waals surface area contributed by atoms with Gasteiger partial charge in [0.05, 0.1) is 19.3 Å². The van der Waals surface area contributed by atoms with Crippen molar-refractivity contribution in [2.45, 2.75) is 38.8 Å². The minimum absolute atomic E-state index is 0. The second-order valence-electron chi connectivity index (χ2n) is 8.74. The second kappa shape index (κ2) is 12.6. The fourth-order valence-corrected chi connectivity index (χ4v) is 4.69. The molecule has 2 atom stereocenters. The number of guanidine groups is 1. The van der Waals surface area contributed by atoms with Crippen molar-refractivity contribution in [2.24, 2.45) is 10.9 Å². The summed E-state index contributed by atoms with van der Waals surface area (Å²) < 4.78 is 12.0. The van der Waals surface area contributed by atoms with E-state index >= 15 is 0 Å². The Morgan fingerprint density at radius 1 is 1.16 bits per heavy atom. The number of nitrogens with zero attached hydrogens (tertiary/aromatic N) is 3. The molecule has 1 aromatic carbocycles. The number of hydrogen-bond acceptors (Lipinski definition) is 4. The molecule has 4 rings (SSSR count). The average Bonchev–Trinajstić information content (AvgIpc) is 3.55. The summed E-state index contributed by atoms with van der Waals surface area (Å²) in [6.07, 6.45) is 3.67. The van der Waals surface area contributed by atoms with Crippen molar-refractivity contribution in [3.05, 3.63) is 59.5 Å². The van der Waals surface area contributed by atoms with Crippen LogP contribution in [-0.4, -0.2) is 62.1 Å². The van der Waals surface area contributed by atoms with Crippen molar-refractivity contribution < 1.29 is 9.15 Å². The fraction of sp³-hybridized carbons (Fsp3) is 0.560. The molecular formula is C25H37IN4O2. The molecule has 2 aromatic rings. The number of benzene rings is 1. The quantitative estimate of drug-likeness (QED) is 0.298. The SMILES string of the molecule is CN=C(NCC(c1ccc(C)o1)N1CCCC1)N1CCC(COCc2ccccc2)C1.I. The molecule has 2 unspecified atom stereocenters. The lowest BCUT2D eigenvalue weighted by Crippen LogP contribution is -2.44. The zero-order chi connectivity index (χ0) is 21.5. The van der Waals surface area contributed by atoms with E-state index in [0.717, 1.165) is 63.2 Å². The molecule has 3 heterocycles. The maximum Gasteiger partial charge on any atom is 0.193 e. The highest BCUT2D eigenvalue weighted by Gasteiger charge is 2.29. The third-order valence-electron chi connectivity index (χ3n) is 6.39. The molecule has 2 aliphatic rings. The van der Waals surface area contributed by atoms with Gasteiger partial charge in [0.15, 0.2) is 5.96 Å². The van der Waals surface area contributed by atoms with Gasteiger partial charge in [0.2, 0.25) is 0 Å². The monoisotopic (exact) mass is 552 g/mol. The smallest absolute Gasteiger partial charge is 0.193 e. The van der Waals surface area contributed by atoms with Crippen LogP contribution in [0.3, 0.4) is 0 Å². The van der Waals surface area contributed by atoms with Gasteiger partial charge in [-0.1, -0.05) is 30.3 Å². The number of ether oxygens (including phenoxy) is 1. The Morgan fingerprint density at radius 2 is 1.94 bits per heavy atom. The topological polar surface area (TPSA) is 53.2 Å². The highest BCUT2D eigenvalue weighted by atomic mass is 127. The number of halogens is 1. The first-order chi connectivity index (χ1) is 15.2. The van der Waals surface area contributed by atoms with Gasteiger partial charge in [-0.3, -0.25) is 9.89 Å². The first-order valence-corrected chi connectivity index (χ1v) is 11.6. The third-order valence-corrected chi connectivity index (χ3v) is 6.39. The lowest BCUT2D eigenvalue weighted by molar-refractivity contribution is 0.0906. The van der Waals surface area contributed by atoms with Gasteiger partial charge in [-0.15, -0.1) is 24.0 Å². The molecule has 1 N–H and O–H groups in total. The van der Waals surface area contributed by atoms with Gasteiger partial charge >= 0.3 is 0 Å². The summed E-state index contributed by atoms with van der Waals surface area (Å²) in [5.41, 5.74) is 1.23. The highest BCUT2D eigenvalue weighted by molar-refractivity contribution is 14.0. The largest absolute Gasteiger partial charge is 0.465 e. The zero-order valence-electron chi connectivity index (χ0n) is 19.3. The molecule has 0 aliphatic carbocycles. The molecule has 2 saturated heterocycles. The molecular weight excluding hydrogens is 515 g/mol. The highest BCUT2D eigenvalue weighted by Crippen LogP contribution is 2.26. The molecule has 0 spiro atoms. The normalized spacial score (nSPS) is 20.4. The molecule has 2 aliphatic heterocycles. The third kappa shape index (κ3) is 6.71. The number of aliphatic imine (C=N–C) groups is 1. The number of furan rings is 1. The molecule has 0 bridgehead atoms. The summed E-state index contributed by atoms with van der Waals surface area (Å²) in [5.74, 6) is 3.56. The second-order valence-corrected chi connectivity index (χ2v) is 8.74. The number of aryl methyl sites for hydroxylation is 1. The van der Waals surface area contributed by atoms with Crippen molar-refractivity contribution in [2.75, 3.05) is 46.4 Å². The summed E-state index contributed by atoms with van der Waals surface area (Å²) in [7, 11) is 1.88. The maximum atomic E-state index is 6.00. The van der Waals surface area contributed by atoms with E-state index in [-0.39, 0.29) is 30.0 Å². The summed E-state index contributed by atoms with van der Waals surface area (Å²) >= 11 is 0. The van der Waals surface area contributed by atoms with Gasteiger partial charge in [-0.2, -0.15) is 0 Å². The minimum atomic E-state index is 0. The molecule has 0 saturated carbocycles. The van der Waals surface area contributed by atoms with Crippen LogP contribution in [0.25, 0.3) is 0 Å². The van der Waals surface area contributed by atoms with Crippen LogP contribution in [0.5, 0.6) is 0 Å². The van der Waals surface area contributed by atoms with E-state index in [1.54, 1.807) is 0 Å². The van der Waals surface area contributed by atoms with E-state index < -0.39 is 0 Å². The Labute approximate surface area is 209 Å². The Hall–Kier alpha value is -1.58. The average molecular weight is 553 g/mol. The Kier molecular flexibility index (Phi) is 9.87. The van der Waals surface area contributed by atoms with Gasteiger partial charge in [0.25, 0.3) is 0 Å². The molecule has 176 valence electrons. The Bertz CT molecular complexity index is 835. The summed E-state index contributed by atoms with van der Waals surface area (Å²) in [5, 5.41) is 3.63. The van der Waals surface area contributed by atoms with Crippen LogP contribution in [0.2, 0.25) is 0 Å². The van der Waals surface area contributed by atoms with Gasteiger partial charge in [-0.05, 0) is 57.0 Å². The van der Waals surface area contributed by atoms with Crippen molar-refractivity contribution in [3.63, 3.8) is 0 Å². The first kappa shape index (κ1) is 25.1. The van der Waals surface area contributed by atoms with E-state index in [1.165, 1.54) is 18.4 Å². The Morgan fingerprint density at radius 3 is 2.62 bits per heavy atom. The van der Waals surface area contributed by atoms with E-state index in [4.69, 9.17) is 9.15 Å². The molecule has 0 radical (unpaired) electrons. The minimum Gasteiger partial charge on any atom is -0.465 e.